The van der Waals surface area contributed by atoms with Gasteiger partial charge in [-0.2, -0.15) is 0 Å². The van der Waals surface area contributed by atoms with Gasteiger partial charge in [-0.15, -0.1) is 0 Å². The standard InChI is InChI=1S/C16H22O4/c1-3-13(17)20-10-15-5-11-4-12(6-15)8-16(7-11,9-15)14(18)19-2/h3,11-12H,1,4-10H2,2H3. The molecule has 0 N–H and O–H groups in total. The van der Waals surface area contributed by atoms with Crippen molar-refractivity contribution in [3.8, 4) is 0 Å². The number of rotatable bonds is 4. The summed E-state index contributed by atoms with van der Waals surface area (Å²) < 4.78 is 10.4. The molecule has 4 nitrogen and oxygen atoms in total. The molecule has 4 aliphatic carbocycles. The molecule has 4 fully saturated rings. The molecule has 0 heterocycles. The molecule has 0 aromatic carbocycles. The average molecular weight is 278 g/mol. The summed E-state index contributed by atoms with van der Waals surface area (Å²) in [7, 11) is 1.48. The zero-order valence-electron chi connectivity index (χ0n) is 12.0. The zero-order valence-corrected chi connectivity index (χ0v) is 12.0. The van der Waals surface area contributed by atoms with Crippen molar-refractivity contribution in [2.45, 2.75) is 38.5 Å². The lowest BCUT2D eigenvalue weighted by Crippen LogP contribution is -2.56. The third-order valence-corrected chi connectivity index (χ3v) is 5.49. The number of carbonyl (C=O) groups excluding carboxylic acids is 2. The van der Waals surface area contributed by atoms with Crippen molar-refractivity contribution in [3.63, 3.8) is 0 Å². The zero-order chi connectivity index (χ0) is 14.4. The summed E-state index contributed by atoms with van der Waals surface area (Å²) in [5, 5.41) is 0. The van der Waals surface area contributed by atoms with Crippen molar-refractivity contribution in [2.75, 3.05) is 13.7 Å². The fraction of sp³-hybridized carbons (Fsp3) is 0.750. The first-order valence-electron chi connectivity index (χ1n) is 7.38. The molecular weight excluding hydrogens is 256 g/mol. The van der Waals surface area contributed by atoms with Gasteiger partial charge in [-0.3, -0.25) is 4.79 Å². The summed E-state index contributed by atoms with van der Waals surface area (Å²) in [6.45, 7) is 3.85. The lowest BCUT2D eigenvalue weighted by molar-refractivity contribution is -0.185. The van der Waals surface area contributed by atoms with E-state index >= 15 is 0 Å². The first-order chi connectivity index (χ1) is 9.51. The molecule has 4 saturated carbocycles. The van der Waals surface area contributed by atoms with E-state index in [0.29, 0.717) is 18.4 Å². The Kier molecular flexibility index (Phi) is 3.14. The van der Waals surface area contributed by atoms with Crippen LogP contribution in [0, 0.1) is 22.7 Å². The lowest BCUT2D eigenvalue weighted by atomic mass is 9.44. The minimum absolute atomic E-state index is 0.0169. The van der Waals surface area contributed by atoms with Gasteiger partial charge in [0.15, 0.2) is 0 Å². The highest BCUT2D eigenvalue weighted by Gasteiger charge is 2.61. The maximum atomic E-state index is 12.3. The Bertz CT molecular complexity index is 439. The van der Waals surface area contributed by atoms with E-state index in [2.05, 4.69) is 6.58 Å². The molecule has 0 aromatic rings. The van der Waals surface area contributed by atoms with Gasteiger partial charge in [-0.1, -0.05) is 6.58 Å². The van der Waals surface area contributed by atoms with Crippen LogP contribution in [0.3, 0.4) is 0 Å². The third-order valence-electron chi connectivity index (χ3n) is 5.49. The Labute approximate surface area is 119 Å². The van der Waals surface area contributed by atoms with E-state index in [1.165, 1.54) is 19.6 Å². The van der Waals surface area contributed by atoms with Gasteiger partial charge in [0.05, 0.1) is 19.1 Å². The first kappa shape index (κ1) is 13.7. The molecule has 110 valence electrons. The van der Waals surface area contributed by atoms with Crippen LogP contribution in [0.15, 0.2) is 12.7 Å². The normalized spacial score (nSPS) is 41.2. The van der Waals surface area contributed by atoms with Gasteiger partial charge >= 0.3 is 11.9 Å². The smallest absolute Gasteiger partial charge is 0.330 e. The fourth-order valence-electron chi connectivity index (χ4n) is 5.36. The van der Waals surface area contributed by atoms with Gasteiger partial charge < -0.3 is 9.47 Å². The van der Waals surface area contributed by atoms with E-state index in [4.69, 9.17) is 9.47 Å². The van der Waals surface area contributed by atoms with Crippen molar-refractivity contribution in [1.29, 1.82) is 0 Å². The van der Waals surface area contributed by atoms with Gasteiger partial charge in [0.25, 0.3) is 0 Å². The van der Waals surface area contributed by atoms with Gasteiger partial charge in [0.1, 0.15) is 0 Å². The lowest BCUT2D eigenvalue weighted by Gasteiger charge is -2.60. The Balaban J connectivity index is 1.81. The third kappa shape index (κ3) is 2.05. The second kappa shape index (κ2) is 4.61. The summed E-state index contributed by atoms with van der Waals surface area (Å²) in [4.78, 5) is 23.6. The van der Waals surface area contributed by atoms with Crippen molar-refractivity contribution < 1.29 is 19.1 Å². The highest BCUT2D eigenvalue weighted by Crippen LogP contribution is 2.65. The van der Waals surface area contributed by atoms with Crippen molar-refractivity contribution in [3.05, 3.63) is 12.7 Å². The molecule has 4 bridgehead atoms. The second-order valence-corrected chi connectivity index (χ2v) is 7.04. The molecule has 4 heteroatoms. The number of ether oxygens (including phenoxy) is 2. The van der Waals surface area contributed by atoms with E-state index in [1.807, 2.05) is 0 Å². The largest absolute Gasteiger partial charge is 0.469 e. The maximum absolute atomic E-state index is 12.3. The Morgan fingerprint density at radius 2 is 1.90 bits per heavy atom. The molecule has 4 aliphatic rings. The van der Waals surface area contributed by atoms with Crippen LogP contribution in [0.5, 0.6) is 0 Å². The average Bonchev–Trinajstić information content (AvgIpc) is 2.42. The van der Waals surface area contributed by atoms with Crippen LogP contribution in [0.4, 0.5) is 0 Å². The Morgan fingerprint density at radius 3 is 2.45 bits per heavy atom. The van der Waals surface area contributed by atoms with Crippen molar-refractivity contribution in [2.24, 2.45) is 22.7 Å². The van der Waals surface area contributed by atoms with Crippen LogP contribution < -0.4 is 0 Å². The van der Waals surface area contributed by atoms with Crippen LogP contribution in [-0.2, 0) is 19.1 Å². The van der Waals surface area contributed by atoms with Gasteiger partial charge in [-0.25, -0.2) is 4.79 Å². The minimum Gasteiger partial charge on any atom is -0.469 e. The number of hydrogen-bond donors (Lipinski definition) is 0. The van der Waals surface area contributed by atoms with Crippen LogP contribution in [0.1, 0.15) is 38.5 Å². The molecule has 0 aliphatic heterocycles. The first-order valence-corrected chi connectivity index (χ1v) is 7.38. The predicted molar refractivity (Wildman–Crippen MR) is 72.7 cm³/mol. The highest BCUT2D eigenvalue weighted by atomic mass is 16.5. The summed E-state index contributed by atoms with van der Waals surface area (Å²) in [5.74, 6) is 0.731. The second-order valence-electron chi connectivity index (χ2n) is 7.04. The van der Waals surface area contributed by atoms with E-state index in [0.717, 1.165) is 32.1 Å². The maximum Gasteiger partial charge on any atom is 0.330 e. The SMILES string of the molecule is C=CC(=O)OCC12CC3CC(C1)CC(C(=O)OC)(C3)C2. The Hall–Kier alpha value is -1.32. The summed E-state index contributed by atoms with van der Waals surface area (Å²) in [6.07, 6.45) is 7.29. The predicted octanol–water partition coefficient (Wildman–Crippen LogP) is 2.48. The quantitative estimate of drug-likeness (QED) is 0.585. The molecule has 20 heavy (non-hydrogen) atoms. The monoisotopic (exact) mass is 278 g/mol. The molecule has 0 aromatic heterocycles. The van der Waals surface area contributed by atoms with Crippen molar-refractivity contribution in [1.82, 2.24) is 0 Å². The molecule has 0 saturated heterocycles. The molecule has 0 spiro atoms. The molecule has 2 atom stereocenters. The highest BCUT2D eigenvalue weighted by molar-refractivity contribution is 5.81. The number of carbonyl (C=O) groups is 2. The summed E-state index contributed by atoms with van der Waals surface area (Å²) in [6, 6.07) is 0. The minimum atomic E-state index is -0.368. The molecule has 2 unspecified atom stereocenters. The van der Waals surface area contributed by atoms with Gasteiger partial charge in [-0.05, 0) is 50.4 Å². The van der Waals surface area contributed by atoms with Gasteiger partial charge in [0, 0.05) is 11.5 Å². The van der Waals surface area contributed by atoms with E-state index in [1.54, 1.807) is 0 Å². The van der Waals surface area contributed by atoms with E-state index in [-0.39, 0.29) is 22.8 Å². The van der Waals surface area contributed by atoms with Crippen LogP contribution in [0.25, 0.3) is 0 Å². The molecule has 0 radical (unpaired) electrons. The van der Waals surface area contributed by atoms with Crippen LogP contribution >= 0.6 is 0 Å². The van der Waals surface area contributed by atoms with Crippen LogP contribution in [-0.4, -0.2) is 25.7 Å². The number of esters is 2. The van der Waals surface area contributed by atoms with Gasteiger partial charge in [0.2, 0.25) is 0 Å². The summed E-state index contributed by atoms with van der Waals surface area (Å²) >= 11 is 0. The van der Waals surface area contributed by atoms with Crippen molar-refractivity contribution >= 4 is 11.9 Å². The fourth-order valence-corrected chi connectivity index (χ4v) is 5.36. The summed E-state index contributed by atoms with van der Waals surface area (Å²) in [5.41, 5.74) is -0.337. The van der Waals surface area contributed by atoms with Crippen LogP contribution in [0.2, 0.25) is 0 Å². The number of methoxy groups -OCH3 is 1. The molecule has 0 amide bonds. The number of hydrogen-bond acceptors (Lipinski definition) is 4. The van der Waals surface area contributed by atoms with E-state index in [9.17, 15) is 9.59 Å². The molecular formula is C16H22O4. The molecule has 4 rings (SSSR count). The Morgan fingerprint density at radius 1 is 1.25 bits per heavy atom. The topological polar surface area (TPSA) is 52.6 Å². The van der Waals surface area contributed by atoms with E-state index < -0.39 is 0 Å².